The molecule has 1 fully saturated rings. The quantitative estimate of drug-likeness (QED) is 0.841. The van der Waals surface area contributed by atoms with Crippen molar-refractivity contribution in [3.63, 3.8) is 0 Å². The second-order valence-corrected chi connectivity index (χ2v) is 7.59. The van der Waals surface area contributed by atoms with Crippen molar-refractivity contribution in [2.75, 3.05) is 7.05 Å². The minimum Gasteiger partial charge on any atom is -0.312 e. The van der Waals surface area contributed by atoms with Gasteiger partial charge in [0.1, 0.15) is 0 Å². The van der Waals surface area contributed by atoms with Crippen LogP contribution in [-0.2, 0) is 0 Å². The van der Waals surface area contributed by atoms with E-state index in [1.165, 1.54) is 31.2 Å². The van der Waals surface area contributed by atoms with E-state index in [0.717, 1.165) is 11.2 Å². The Morgan fingerprint density at radius 3 is 2.58 bits per heavy atom. The van der Waals surface area contributed by atoms with Crippen molar-refractivity contribution in [1.29, 1.82) is 0 Å². The number of benzene rings is 1. The molecule has 1 aromatic rings. The van der Waals surface area contributed by atoms with Crippen LogP contribution in [0.1, 0.15) is 51.1 Å². The lowest BCUT2D eigenvalue weighted by Gasteiger charge is -2.31. The Labute approximate surface area is 122 Å². The first-order valence-electron chi connectivity index (χ1n) is 7.58. The van der Waals surface area contributed by atoms with E-state index in [4.69, 9.17) is 0 Å². The molecule has 2 heteroatoms. The molecule has 1 nitrogen and oxygen atoms in total. The summed E-state index contributed by atoms with van der Waals surface area (Å²) in [5, 5.41) is 4.99. The van der Waals surface area contributed by atoms with E-state index in [2.05, 4.69) is 68.3 Å². The molecule has 0 saturated heterocycles. The van der Waals surface area contributed by atoms with Crippen LogP contribution in [0.25, 0.3) is 0 Å². The van der Waals surface area contributed by atoms with Crippen LogP contribution >= 0.6 is 11.8 Å². The Kier molecular flexibility index (Phi) is 5.77. The van der Waals surface area contributed by atoms with Gasteiger partial charge in [0.15, 0.2) is 0 Å². The molecule has 1 aliphatic carbocycles. The third kappa shape index (κ3) is 4.25. The summed E-state index contributed by atoms with van der Waals surface area (Å²) in [7, 11) is 2.08. The van der Waals surface area contributed by atoms with Gasteiger partial charge in [-0.15, -0.1) is 0 Å². The summed E-state index contributed by atoms with van der Waals surface area (Å²) >= 11 is 2.19. The van der Waals surface area contributed by atoms with Gasteiger partial charge in [0.2, 0.25) is 0 Å². The normalized spacial score (nSPS) is 26.9. The first-order chi connectivity index (χ1) is 9.20. The van der Waals surface area contributed by atoms with Crippen LogP contribution in [0.4, 0.5) is 0 Å². The van der Waals surface area contributed by atoms with Crippen molar-refractivity contribution in [2.45, 2.75) is 56.1 Å². The molecule has 1 N–H and O–H groups in total. The predicted molar refractivity (Wildman–Crippen MR) is 86.7 cm³/mol. The average Bonchev–Trinajstić information content (AvgIpc) is 2.41. The van der Waals surface area contributed by atoms with Crippen molar-refractivity contribution < 1.29 is 0 Å². The molecule has 0 heterocycles. The molecule has 106 valence electrons. The van der Waals surface area contributed by atoms with Gasteiger partial charge in [-0.2, -0.15) is 11.8 Å². The van der Waals surface area contributed by atoms with Crippen molar-refractivity contribution in [3.05, 3.63) is 35.9 Å². The summed E-state index contributed by atoms with van der Waals surface area (Å²) in [6, 6.07) is 11.3. The standard InChI is InChI=1S/C17H27NS/c1-13-8-7-11-16(12-13)19-14(2)17(18-3)15-9-5-4-6-10-15/h4-6,9-10,13-14,16-18H,7-8,11-12H2,1-3H3. The maximum Gasteiger partial charge on any atom is 0.0435 e. The van der Waals surface area contributed by atoms with E-state index in [1.54, 1.807) is 0 Å². The second-order valence-electron chi connectivity index (χ2n) is 5.91. The number of thioether (sulfide) groups is 1. The summed E-state index contributed by atoms with van der Waals surface area (Å²) in [6.07, 6.45) is 5.66. The number of rotatable bonds is 5. The van der Waals surface area contributed by atoms with E-state index in [-0.39, 0.29) is 0 Å². The Balaban J connectivity index is 1.95. The van der Waals surface area contributed by atoms with Crippen LogP contribution in [0.5, 0.6) is 0 Å². The Morgan fingerprint density at radius 2 is 1.95 bits per heavy atom. The van der Waals surface area contributed by atoms with Crippen LogP contribution in [0.2, 0.25) is 0 Å². The van der Waals surface area contributed by atoms with Gasteiger partial charge in [-0.3, -0.25) is 0 Å². The molecule has 0 aromatic heterocycles. The minimum absolute atomic E-state index is 0.462. The van der Waals surface area contributed by atoms with Gasteiger partial charge in [0.05, 0.1) is 0 Å². The van der Waals surface area contributed by atoms with Crippen LogP contribution in [0.3, 0.4) is 0 Å². The predicted octanol–water partition coefficient (Wildman–Crippen LogP) is 4.65. The van der Waals surface area contributed by atoms with Gasteiger partial charge in [-0.25, -0.2) is 0 Å². The van der Waals surface area contributed by atoms with E-state index in [0.29, 0.717) is 11.3 Å². The highest BCUT2D eigenvalue weighted by Gasteiger charge is 2.25. The topological polar surface area (TPSA) is 12.0 Å². The van der Waals surface area contributed by atoms with Gasteiger partial charge >= 0.3 is 0 Å². The second kappa shape index (κ2) is 7.35. The first kappa shape index (κ1) is 14.9. The monoisotopic (exact) mass is 277 g/mol. The maximum atomic E-state index is 3.50. The Morgan fingerprint density at radius 1 is 1.21 bits per heavy atom. The fraction of sp³-hybridized carbons (Fsp3) is 0.647. The molecule has 0 bridgehead atoms. The third-order valence-electron chi connectivity index (χ3n) is 4.23. The van der Waals surface area contributed by atoms with E-state index < -0.39 is 0 Å². The molecule has 1 aliphatic rings. The third-order valence-corrected chi connectivity index (χ3v) is 5.75. The lowest BCUT2D eigenvalue weighted by molar-refractivity contribution is 0.393. The Hall–Kier alpha value is -0.470. The van der Waals surface area contributed by atoms with E-state index >= 15 is 0 Å². The molecule has 2 rings (SSSR count). The zero-order chi connectivity index (χ0) is 13.7. The van der Waals surface area contributed by atoms with Crippen LogP contribution < -0.4 is 5.32 Å². The van der Waals surface area contributed by atoms with Gasteiger partial charge in [0.25, 0.3) is 0 Å². The van der Waals surface area contributed by atoms with Gasteiger partial charge in [0, 0.05) is 16.5 Å². The van der Waals surface area contributed by atoms with Crippen LogP contribution in [0, 0.1) is 5.92 Å². The first-order valence-corrected chi connectivity index (χ1v) is 8.52. The van der Waals surface area contributed by atoms with Crippen molar-refractivity contribution >= 4 is 11.8 Å². The SMILES string of the molecule is CNC(c1ccccc1)C(C)SC1CCCC(C)C1. The molecular formula is C17H27NS. The zero-order valence-corrected chi connectivity index (χ0v) is 13.2. The van der Waals surface area contributed by atoms with Gasteiger partial charge in [-0.1, -0.05) is 57.0 Å². The highest BCUT2D eigenvalue weighted by atomic mass is 32.2. The lowest BCUT2D eigenvalue weighted by Crippen LogP contribution is -2.28. The molecule has 0 aliphatic heterocycles. The molecular weight excluding hydrogens is 250 g/mol. The highest BCUT2D eigenvalue weighted by molar-refractivity contribution is 8.00. The summed E-state index contributed by atoms with van der Waals surface area (Å²) in [5.41, 5.74) is 1.41. The lowest BCUT2D eigenvalue weighted by atomic mass is 9.90. The van der Waals surface area contributed by atoms with Crippen LogP contribution in [-0.4, -0.2) is 17.5 Å². The minimum atomic E-state index is 0.462. The summed E-state index contributed by atoms with van der Waals surface area (Å²) in [4.78, 5) is 0. The number of nitrogens with one attached hydrogen (secondary N) is 1. The molecule has 19 heavy (non-hydrogen) atoms. The highest BCUT2D eigenvalue weighted by Crippen LogP contribution is 2.37. The number of hydrogen-bond acceptors (Lipinski definition) is 2. The number of hydrogen-bond donors (Lipinski definition) is 1. The molecule has 1 aromatic carbocycles. The summed E-state index contributed by atoms with van der Waals surface area (Å²) in [5.74, 6) is 0.920. The molecule has 0 radical (unpaired) electrons. The van der Waals surface area contributed by atoms with Crippen molar-refractivity contribution in [1.82, 2.24) is 5.32 Å². The van der Waals surface area contributed by atoms with Crippen molar-refractivity contribution in [3.8, 4) is 0 Å². The fourth-order valence-electron chi connectivity index (χ4n) is 3.22. The summed E-state index contributed by atoms with van der Waals surface area (Å²) < 4.78 is 0. The van der Waals surface area contributed by atoms with Crippen LogP contribution in [0.15, 0.2) is 30.3 Å². The van der Waals surface area contributed by atoms with E-state index in [1.807, 2.05) is 0 Å². The molecule has 4 atom stereocenters. The average molecular weight is 277 g/mol. The summed E-state index contributed by atoms with van der Waals surface area (Å²) in [6.45, 7) is 4.78. The van der Waals surface area contributed by atoms with Crippen molar-refractivity contribution in [2.24, 2.45) is 5.92 Å². The maximum absolute atomic E-state index is 3.50. The molecule has 4 unspecified atom stereocenters. The fourth-order valence-corrected chi connectivity index (χ4v) is 5.02. The molecule has 0 amide bonds. The largest absolute Gasteiger partial charge is 0.312 e. The molecule has 0 spiro atoms. The van der Waals surface area contributed by atoms with Gasteiger partial charge < -0.3 is 5.32 Å². The smallest absolute Gasteiger partial charge is 0.0435 e. The molecule has 1 saturated carbocycles. The Bertz CT molecular complexity index is 365. The van der Waals surface area contributed by atoms with E-state index in [9.17, 15) is 0 Å². The zero-order valence-electron chi connectivity index (χ0n) is 12.4. The van der Waals surface area contributed by atoms with Gasteiger partial charge in [-0.05, 0) is 31.4 Å².